The van der Waals surface area contributed by atoms with Crippen molar-refractivity contribution >= 4 is 17.6 Å². The predicted molar refractivity (Wildman–Crippen MR) is 52.5 cm³/mol. The molecule has 0 aromatic heterocycles. The molecular weight excluding hydrogens is 192 g/mol. The van der Waals surface area contributed by atoms with Gasteiger partial charge in [-0.1, -0.05) is 26.1 Å². The second-order valence-corrected chi connectivity index (χ2v) is 3.61. The van der Waals surface area contributed by atoms with E-state index in [2.05, 4.69) is 12.2 Å². The van der Waals surface area contributed by atoms with Crippen LogP contribution in [-0.2, 0) is 0 Å². The fraction of sp³-hybridized carbons (Fsp3) is 0.875. The van der Waals surface area contributed by atoms with E-state index < -0.39 is 24.4 Å². The van der Waals surface area contributed by atoms with E-state index in [1.807, 2.05) is 0 Å². The van der Waals surface area contributed by atoms with E-state index in [1.54, 1.807) is 13.8 Å². The molecule has 5 heteroatoms. The molecule has 0 spiro atoms. The minimum atomic E-state index is -1.44. The first-order valence-electron chi connectivity index (χ1n) is 4.09. The van der Waals surface area contributed by atoms with E-state index in [-0.39, 0.29) is 5.92 Å². The first-order chi connectivity index (χ1) is 5.91. The molecule has 78 valence electrons. The van der Waals surface area contributed by atoms with Crippen LogP contribution >= 0.6 is 12.2 Å². The summed E-state index contributed by atoms with van der Waals surface area (Å²) in [5.41, 5.74) is 0. The molecular formula is C8H16O4S. The van der Waals surface area contributed by atoms with E-state index >= 15 is 0 Å². The zero-order chi connectivity index (χ0) is 10.6. The van der Waals surface area contributed by atoms with Crippen LogP contribution in [0.2, 0.25) is 0 Å². The Morgan fingerprint density at radius 1 is 0.923 bits per heavy atom. The Labute approximate surface area is 82.8 Å². The Balaban J connectivity index is 4.23. The second kappa shape index (κ2) is 5.62. The van der Waals surface area contributed by atoms with Gasteiger partial charge >= 0.3 is 0 Å². The van der Waals surface area contributed by atoms with Gasteiger partial charge in [-0.15, -0.1) is 0 Å². The fourth-order valence-electron chi connectivity index (χ4n) is 0.879. The Kier molecular flexibility index (Phi) is 5.59. The van der Waals surface area contributed by atoms with Crippen molar-refractivity contribution in [2.75, 3.05) is 0 Å². The van der Waals surface area contributed by atoms with Crippen LogP contribution in [0.15, 0.2) is 0 Å². The van der Waals surface area contributed by atoms with Crippen molar-refractivity contribution in [3.8, 4) is 0 Å². The van der Waals surface area contributed by atoms with Crippen LogP contribution in [-0.4, -0.2) is 50.2 Å². The lowest BCUT2D eigenvalue weighted by Crippen LogP contribution is -2.46. The van der Waals surface area contributed by atoms with Gasteiger partial charge in [-0.25, -0.2) is 0 Å². The van der Waals surface area contributed by atoms with Gasteiger partial charge in [0.25, 0.3) is 0 Å². The van der Waals surface area contributed by atoms with Crippen molar-refractivity contribution in [1.29, 1.82) is 0 Å². The lowest BCUT2D eigenvalue weighted by atomic mass is 9.96. The summed E-state index contributed by atoms with van der Waals surface area (Å²) in [5.74, 6) is -0.193. The van der Waals surface area contributed by atoms with Crippen LogP contribution in [0.1, 0.15) is 13.8 Å². The van der Waals surface area contributed by atoms with Crippen molar-refractivity contribution in [1.82, 2.24) is 0 Å². The topological polar surface area (TPSA) is 80.9 Å². The Morgan fingerprint density at radius 3 is 1.69 bits per heavy atom. The molecule has 0 saturated carbocycles. The van der Waals surface area contributed by atoms with Gasteiger partial charge in [0.05, 0.1) is 6.10 Å². The number of thiocarbonyl (C=S) groups is 1. The standard InChI is InChI=1S/C8H16O4S/c1-4(2)6(10)8(12)7(11)5(9)3-13/h3-12H,1-2H3/t5-,6?,7-,8+/m0/s1. The van der Waals surface area contributed by atoms with Crippen molar-refractivity contribution in [2.24, 2.45) is 5.92 Å². The molecule has 0 aliphatic carbocycles. The van der Waals surface area contributed by atoms with E-state index in [4.69, 9.17) is 5.11 Å². The summed E-state index contributed by atoms with van der Waals surface area (Å²) in [6.45, 7) is 3.40. The third kappa shape index (κ3) is 3.66. The van der Waals surface area contributed by atoms with Gasteiger partial charge in [0, 0.05) is 5.37 Å². The number of hydrogen-bond donors (Lipinski definition) is 4. The highest BCUT2D eigenvalue weighted by Crippen LogP contribution is 2.11. The summed E-state index contributed by atoms with van der Waals surface area (Å²) in [6, 6.07) is 0. The third-order valence-electron chi connectivity index (χ3n) is 1.87. The molecule has 0 aromatic rings. The van der Waals surface area contributed by atoms with Gasteiger partial charge in [0.1, 0.15) is 18.3 Å². The molecule has 4 nitrogen and oxygen atoms in total. The van der Waals surface area contributed by atoms with Crippen molar-refractivity contribution in [3.63, 3.8) is 0 Å². The van der Waals surface area contributed by atoms with Crippen molar-refractivity contribution in [3.05, 3.63) is 0 Å². The molecule has 0 amide bonds. The summed E-state index contributed by atoms with van der Waals surface area (Å²) in [7, 11) is 0. The summed E-state index contributed by atoms with van der Waals surface area (Å²) in [5, 5.41) is 37.9. The van der Waals surface area contributed by atoms with E-state index in [0.29, 0.717) is 0 Å². The molecule has 0 aromatic carbocycles. The van der Waals surface area contributed by atoms with E-state index in [1.165, 1.54) is 0 Å². The number of aliphatic hydroxyl groups is 4. The van der Waals surface area contributed by atoms with E-state index in [0.717, 1.165) is 5.37 Å². The second-order valence-electron chi connectivity index (χ2n) is 3.34. The molecule has 0 fully saturated rings. The van der Waals surface area contributed by atoms with Crippen LogP contribution in [0.4, 0.5) is 0 Å². The molecule has 0 rings (SSSR count). The molecule has 1 unspecified atom stereocenters. The maximum Gasteiger partial charge on any atom is 0.113 e. The highest BCUT2D eigenvalue weighted by Gasteiger charge is 2.30. The van der Waals surface area contributed by atoms with Crippen LogP contribution in [0.3, 0.4) is 0 Å². The normalized spacial score (nSPS) is 20.8. The monoisotopic (exact) mass is 208 g/mol. The molecule has 0 aliphatic heterocycles. The van der Waals surface area contributed by atoms with Gasteiger partial charge in [-0.05, 0) is 5.92 Å². The maximum atomic E-state index is 9.34. The van der Waals surface area contributed by atoms with Crippen LogP contribution in [0, 0.1) is 5.92 Å². The number of hydrogen-bond acceptors (Lipinski definition) is 5. The molecule has 0 aliphatic rings. The lowest BCUT2D eigenvalue weighted by Gasteiger charge is -2.26. The van der Waals surface area contributed by atoms with Crippen LogP contribution in [0.5, 0.6) is 0 Å². The highest BCUT2D eigenvalue weighted by atomic mass is 32.1. The third-order valence-corrected chi connectivity index (χ3v) is 2.15. The summed E-state index contributed by atoms with van der Waals surface area (Å²) in [4.78, 5) is 0. The Morgan fingerprint density at radius 2 is 1.38 bits per heavy atom. The minimum absolute atomic E-state index is 0.193. The van der Waals surface area contributed by atoms with Gasteiger partial charge in [0.15, 0.2) is 0 Å². The molecule has 0 radical (unpaired) electrons. The number of rotatable bonds is 5. The van der Waals surface area contributed by atoms with Crippen LogP contribution < -0.4 is 0 Å². The zero-order valence-electron chi connectivity index (χ0n) is 7.66. The molecule has 0 heterocycles. The number of aliphatic hydroxyl groups excluding tert-OH is 4. The summed E-state index contributed by atoms with van der Waals surface area (Å²) < 4.78 is 0. The Bertz CT molecular complexity index is 162. The predicted octanol–water partition coefficient (Wildman–Crippen LogP) is -0.914. The van der Waals surface area contributed by atoms with Crippen LogP contribution in [0.25, 0.3) is 0 Å². The molecule has 4 N–H and O–H groups in total. The minimum Gasteiger partial charge on any atom is -0.390 e. The van der Waals surface area contributed by atoms with Gasteiger partial charge in [-0.3, -0.25) is 0 Å². The molecule has 4 atom stereocenters. The average Bonchev–Trinajstić information content (AvgIpc) is 2.12. The van der Waals surface area contributed by atoms with E-state index in [9.17, 15) is 15.3 Å². The van der Waals surface area contributed by atoms with Gasteiger partial charge < -0.3 is 20.4 Å². The lowest BCUT2D eigenvalue weighted by molar-refractivity contribution is -0.0998. The van der Waals surface area contributed by atoms with Crippen molar-refractivity contribution < 1.29 is 20.4 Å². The zero-order valence-corrected chi connectivity index (χ0v) is 8.48. The maximum absolute atomic E-state index is 9.34. The fourth-order valence-corrected chi connectivity index (χ4v) is 1.04. The smallest absolute Gasteiger partial charge is 0.113 e. The van der Waals surface area contributed by atoms with Crippen molar-refractivity contribution in [2.45, 2.75) is 38.3 Å². The molecule has 0 bridgehead atoms. The average molecular weight is 208 g/mol. The molecule has 0 saturated heterocycles. The summed E-state index contributed by atoms with van der Waals surface area (Å²) in [6.07, 6.45) is -5.18. The molecule has 13 heavy (non-hydrogen) atoms. The quantitative estimate of drug-likeness (QED) is 0.440. The Hall–Kier alpha value is -0.0700. The van der Waals surface area contributed by atoms with Gasteiger partial charge in [-0.2, -0.15) is 0 Å². The van der Waals surface area contributed by atoms with Gasteiger partial charge in [0.2, 0.25) is 0 Å². The summed E-state index contributed by atoms with van der Waals surface area (Å²) >= 11 is 4.39. The first kappa shape index (κ1) is 12.9. The largest absolute Gasteiger partial charge is 0.390 e. The first-order valence-corrected chi connectivity index (χ1v) is 4.56. The highest BCUT2D eigenvalue weighted by molar-refractivity contribution is 7.79. The SMILES string of the molecule is CC(C)C(O)[C@@H](O)[C@@H](O)[C@@H](O)C=S.